The Morgan fingerprint density at radius 3 is 2.45 bits per heavy atom. The first-order valence-corrected chi connectivity index (χ1v) is 7.31. The summed E-state index contributed by atoms with van der Waals surface area (Å²) < 4.78 is 10.5. The third kappa shape index (κ3) is 5.76. The molecule has 1 saturated heterocycles. The van der Waals surface area contributed by atoms with E-state index in [1.54, 1.807) is 0 Å². The maximum atomic E-state index is 11.3. The molecule has 1 amide bonds. The maximum Gasteiger partial charge on any atom is 0.220 e. The van der Waals surface area contributed by atoms with Crippen molar-refractivity contribution in [1.29, 1.82) is 0 Å². The van der Waals surface area contributed by atoms with Crippen molar-refractivity contribution in [3.05, 3.63) is 0 Å². The first kappa shape index (κ1) is 19.2. The first-order valence-electron chi connectivity index (χ1n) is 7.31. The summed E-state index contributed by atoms with van der Waals surface area (Å²) in [6, 6.07) is 0. The number of amides is 1. The fourth-order valence-electron chi connectivity index (χ4n) is 2.08. The SMILES string of the molecule is O=C(CCCCO[C@@H]1OC(CO)[C@@H](O)C(O)C1O)NCCO. The lowest BCUT2D eigenvalue weighted by Gasteiger charge is -2.39. The highest BCUT2D eigenvalue weighted by molar-refractivity contribution is 5.75. The summed E-state index contributed by atoms with van der Waals surface area (Å²) in [6.45, 7) is -0.196. The van der Waals surface area contributed by atoms with Crippen LogP contribution in [0.15, 0.2) is 0 Å². The van der Waals surface area contributed by atoms with Crippen LogP contribution in [0.3, 0.4) is 0 Å². The van der Waals surface area contributed by atoms with Crippen molar-refractivity contribution in [3.8, 4) is 0 Å². The monoisotopic (exact) mass is 323 g/mol. The summed E-state index contributed by atoms with van der Waals surface area (Å²) in [5, 5.41) is 49.0. The average Bonchev–Trinajstić information content (AvgIpc) is 2.52. The van der Waals surface area contributed by atoms with Crippen LogP contribution in [0.4, 0.5) is 0 Å². The molecule has 0 bridgehead atoms. The van der Waals surface area contributed by atoms with Gasteiger partial charge < -0.3 is 40.3 Å². The lowest BCUT2D eigenvalue weighted by atomic mass is 9.99. The lowest BCUT2D eigenvalue weighted by molar-refractivity contribution is -0.301. The van der Waals surface area contributed by atoms with Crippen molar-refractivity contribution in [2.24, 2.45) is 0 Å². The van der Waals surface area contributed by atoms with Gasteiger partial charge in [0.25, 0.3) is 0 Å². The minimum Gasteiger partial charge on any atom is -0.395 e. The van der Waals surface area contributed by atoms with Crippen molar-refractivity contribution in [2.75, 3.05) is 26.4 Å². The predicted octanol–water partition coefficient (Wildman–Crippen LogP) is -2.92. The van der Waals surface area contributed by atoms with Gasteiger partial charge in [0.05, 0.1) is 13.2 Å². The summed E-state index contributed by atoms with van der Waals surface area (Å²) >= 11 is 0. The predicted molar refractivity (Wildman–Crippen MR) is 73.7 cm³/mol. The number of unbranched alkanes of at least 4 members (excludes halogenated alkanes) is 1. The van der Waals surface area contributed by atoms with Crippen LogP contribution >= 0.6 is 0 Å². The molecule has 1 aliphatic rings. The van der Waals surface area contributed by atoms with Gasteiger partial charge in [-0.25, -0.2) is 0 Å². The molecule has 0 aromatic heterocycles. The van der Waals surface area contributed by atoms with Crippen molar-refractivity contribution in [3.63, 3.8) is 0 Å². The van der Waals surface area contributed by atoms with Crippen LogP contribution in [0.2, 0.25) is 0 Å². The molecule has 6 N–H and O–H groups in total. The molecule has 1 heterocycles. The van der Waals surface area contributed by atoms with E-state index in [2.05, 4.69) is 5.32 Å². The standard InChI is InChI=1S/C13H25NO8/c15-5-4-14-9(17)3-1-2-6-21-13-12(20)11(19)10(18)8(7-16)22-13/h8,10-13,15-16,18-20H,1-7H2,(H,14,17)/t8?,10-,11?,12?,13-/m1/s1. The van der Waals surface area contributed by atoms with E-state index < -0.39 is 37.3 Å². The van der Waals surface area contributed by atoms with Gasteiger partial charge in [0.1, 0.15) is 24.4 Å². The number of carbonyl (C=O) groups is 1. The van der Waals surface area contributed by atoms with E-state index in [1.807, 2.05) is 0 Å². The largest absolute Gasteiger partial charge is 0.395 e. The van der Waals surface area contributed by atoms with Crippen LogP contribution in [0.25, 0.3) is 0 Å². The van der Waals surface area contributed by atoms with Gasteiger partial charge in [0.15, 0.2) is 6.29 Å². The Morgan fingerprint density at radius 1 is 1.09 bits per heavy atom. The molecular weight excluding hydrogens is 298 g/mol. The molecule has 0 radical (unpaired) electrons. The third-order valence-corrected chi connectivity index (χ3v) is 3.36. The zero-order valence-electron chi connectivity index (χ0n) is 12.3. The van der Waals surface area contributed by atoms with Gasteiger partial charge in [-0.15, -0.1) is 0 Å². The minimum atomic E-state index is -1.46. The zero-order valence-corrected chi connectivity index (χ0v) is 12.3. The highest BCUT2D eigenvalue weighted by Gasteiger charge is 2.43. The van der Waals surface area contributed by atoms with E-state index in [-0.39, 0.29) is 32.1 Å². The molecule has 1 rings (SSSR count). The lowest BCUT2D eigenvalue weighted by Crippen LogP contribution is -2.59. The summed E-state index contributed by atoms with van der Waals surface area (Å²) in [5.41, 5.74) is 0. The topological polar surface area (TPSA) is 149 Å². The maximum absolute atomic E-state index is 11.3. The Balaban J connectivity index is 2.22. The van der Waals surface area contributed by atoms with Crippen molar-refractivity contribution >= 4 is 5.91 Å². The highest BCUT2D eigenvalue weighted by Crippen LogP contribution is 2.22. The van der Waals surface area contributed by atoms with Crippen LogP contribution < -0.4 is 5.32 Å². The number of ether oxygens (including phenoxy) is 2. The van der Waals surface area contributed by atoms with E-state index in [4.69, 9.17) is 19.7 Å². The molecule has 1 fully saturated rings. The smallest absolute Gasteiger partial charge is 0.220 e. The van der Waals surface area contributed by atoms with Gasteiger partial charge >= 0.3 is 0 Å². The number of aliphatic hydroxyl groups excluding tert-OH is 5. The van der Waals surface area contributed by atoms with E-state index in [1.165, 1.54) is 0 Å². The molecule has 0 aromatic rings. The number of aliphatic hydroxyl groups is 5. The molecule has 0 aromatic carbocycles. The Bertz CT molecular complexity index is 327. The molecule has 3 unspecified atom stereocenters. The Kier molecular flexibility index (Phi) is 8.79. The van der Waals surface area contributed by atoms with Crippen LogP contribution in [0, 0.1) is 0 Å². The van der Waals surface area contributed by atoms with Gasteiger partial charge in [-0.1, -0.05) is 0 Å². The fraction of sp³-hybridized carbons (Fsp3) is 0.923. The number of nitrogens with one attached hydrogen (secondary N) is 1. The van der Waals surface area contributed by atoms with E-state index in [0.29, 0.717) is 12.8 Å². The van der Waals surface area contributed by atoms with Gasteiger partial charge in [-0.3, -0.25) is 4.79 Å². The molecule has 1 aliphatic heterocycles. The van der Waals surface area contributed by atoms with Gasteiger partial charge in [-0.05, 0) is 12.8 Å². The molecule has 0 aliphatic carbocycles. The van der Waals surface area contributed by atoms with Crippen molar-refractivity contribution in [2.45, 2.75) is 50.0 Å². The highest BCUT2D eigenvalue weighted by atomic mass is 16.7. The average molecular weight is 323 g/mol. The third-order valence-electron chi connectivity index (χ3n) is 3.36. The number of rotatable bonds is 9. The number of hydrogen-bond donors (Lipinski definition) is 6. The second-order valence-corrected chi connectivity index (χ2v) is 5.10. The van der Waals surface area contributed by atoms with Crippen LogP contribution in [-0.2, 0) is 14.3 Å². The van der Waals surface area contributed by atoms with Crippen molar-refractivity contribution in [1.82, 2.24) is 5.32 Å². The van der Waals surface area contributed by atoms with Crippen LogP contribution in [0.5, 0.6) is 0 Å². The molecule has 9 heteroatoms. The molecule has 9 nitrogen and oxygen atoms in total. The fourth-order valence-corrected chi connectivity index (χ4v) is 2.08. The Hall–Kier alpha value is -0.810. The summed E-state index contributed by atoms with van der Waals surface area (Å²) in [6.07, 6.45) is -5.04. The number of hydrogen-bond acceptors (Lipinski definition) is 8. The molecule has 5 atom stereocenters. The first-order chi connectivity index (χ1) is 10.5. The molecular formula is C13H25NO8. The van der Waals surface area contributed by atoms with E-state index in [0.717, 1.165) is 0 Å². The summed E-state index contributed by atoms with van der Waals surface area (Å²) in [7, 11) is 0. The molecule has 130 valence electrons. The zero-order chi connectivity index (χ0) is 16.5. The quantitative estimate of drug-likeness (QED) is 0.247. The Labute approximate surface area is 128 Å². The van der Waals surface area contributed by atoms with E-state index in [9.17, 15) is 20.1 Å². The summed E-state index contributed by atoms with van der Waals surface area (Å²) in [5.74, 6) is -0.165. The normalized spacial score (nSPS) is 32.0. The van der Waals surface area contributed by atoms with Gasteiger partial charge in [0, 0.05) is 19.6 Å². The van der Waals surface area contributed by atoms with Crippen LogP contribution in [0.1, 0.15) is 19.3 Å². The summed E-state index contributed by atoms with van der Waals surface area (Å²) in [4.78, 5) is 11.3. The van der Waals surface area contributed by atoms with Gasteiger partial charge in [0.2, 0.25) is 5.91 Å². The Morgan fingerprint density at radius 2 is 1.82 bits per heavy atom. The van der Waals surface area contributed by atoms with Crippen LogP contribution in [-0.4, -0.2) is 88.5 Å². The second-order valence-electron chi connectivity index (χ2n) is 5.10. The second kappa shape index (κ2) is 10.1. The van der Waals surface area contributed by atoms with Crippen molar-refractivity contribution < 1.29 is 39.8 Å². The molecule has 0 saturated carbocycles. The minimum absolute atomic E-state index is 0.105. The molecule has 0 spiro atoms. The molecule has 22 heavy (non-hydrogen) atoms. The number of carbonyl (C=O) groups excluding carboxylic acids is 1. The van der Waals surface area contributed by atoms with Gasteiger partial charge in [-0.2, -0.15) is 0 Å². The van der Waals surface area contributed by atoms with E-state index >= 15 is 0 Å².